The first-order valence-electron chi connectivity index (χ1n) is 5.31. The zero-order valence-electron chi connectivity index (χ0n) is 9.92. The summed E-state index contributed by atoms with van der Waals surface area (Å²) >= 11 is 6.00. The summed E-state index contributed by atoms with van der Waals surface area (Å²) in [6.07, 6.45) is 0.811. The predicted molar refractivity (Wildman–Crippen MR) is 66.5 cm³/mol. The molecule has 0 aliphatic rings. The van der Waals surface area contributed by atoms with Crippen LogP contribution in [0, 0.1) is 0 Å². The lowest BCUT2D eigenvalue weighted by Gasteiger charge is -2.17. The summed E-state index contributed by atoms with van der Waals surface area (Å²) in [5.41, 5.74) is 6.55. The standard InChI is InChI=1S/C12H18ClNO2/c1-8(2)16-12-9(4-5-14)6-10(13)7-11(12)15-3/h6-8H,4-5,14H2,1-3H3. The van der Waals surface area contributed by atoms with E-state index in [0.29, 0.717) is 17.3 Å². The summed E-state index contributed by atoms with van der Waals surface area (Å²) in [6.45, 7) is 4.50. The normalized spacial score (nSPS) is 10.6. The number of benzene rings is 1. The minimum atomic E-state index is 0.0894. The van der Waals surface area contributed by atoms with Crippen molar-refractivity contribution in [3.8, 4) is 11.5 Å². The molecule has 1 aromatic carbocycles. The Morgan fingerprint density at radius 3 is 2.56 bits per heavy atom. The topological polar surface area (TPSA) is 44.5 Å². The fourth-order valence-corrected chi connectivity index (χ4v) is 1.72. The molecule has 0 aliphatic carbocycles. The highest BCUT2D eigenvalue weighted by Crippen LogP contribution is 2.35. The van der Waals surface area contributed by atoms with Crippen molar-refractivity contribution in [2.45, 2.75) is 26.4 Å². The first-order chi connectivity index (χ1) is 7.58. The van der Waals surface area contributed by atoms with Gasteiger partial charge in [-0.05, 0) is 32.9 Å². The summed E-state index contributed by atoms with van der Waals surface area (Å²) in [4.78, 5) is 0. The molecule has 0 spiro atoms. The van der Waals surface area contributed by atoms with E-state index >= 15 is 0 Å². The Morgan fingerprint density at radius 1 is 1.38 bits per heavy atom. The number of hydrogen-bond acceptors (Lipinski definition) is 3. The van der Waals surface area contributed by atoms with Gasteiger partial charge in [-0.3, -0.25) is 0 Å². The molecule has 0 fully saturated rings. The Hall–Kier alpha value is -0.930. The second-order valence-electron chi connectivity index (χ2n) is 3.80. The fourth-order valence-electron chi connectivity index (χ4n) is 1.48. The van der Waals surface area contributed by atoms with Gasteiger partial charge in [0.1, 0.15) is 0 Å². The molecule has 2 N–H and O–H groups in total. The van der Waals surface area contributed by atoms with E-state index in [2.05, 4.69) is 0 Å². The number of rotatable bonds is 5. The van der Waals surface area contributed by atoms with E-state index < -0.39 is 0 Å². The molecule has 0 aromatic heterocycles. The molecule has 0 saturated heterocycles. The maximum absolute atomic E-state index is 6.00. The van der Waals surface area contributed by atoms with Crippen molar-refractivity contribution in [1.29, 1.82) is 0 Å². The van der Waals surface area contributed by atoms with Crippen molar-refractivity contribution >= 4 is 11.6 Å². The van der Waals surface area contributed by atoms with Gasteiger partial charge in [0.15, 0.2) is 11.5 Å². The van der Waals surface area contributed by atoms with Crippen LogP contribution in [0.15, 0.2) is 12.1 Å². The van der Waals surface area contributed by atoms with Gasteiger partial charge in [-0.25, -0.2) is 0 Å². The number of ether oxygens (including phenoxy) is 2. The van der Waals surface area contributed by atoms with Crippen LogP contribution >= 0.6 is 11.6 Å². The van der Waals surface area contributed by atoms with Crippen LogP contribution in [0.3, 0.4) is 0 Å². The molecule has 0 unspecified atom stereocenters. The Bertz CT molecular complexity index is 353. The van der Waals surface area contributed by atoms with Crippen molar-refractivity contribution in [1.82, 2.24) is 0 Å². The van der Waals surface area contributed by atoms with E-state index in [1.807, 2.05) is 19.9 Å². The van der Waals surface area contributed by atoms with Crippen LogP contribution in [0.2, 0.25) is 5.02 Å². The molecular weight excluding hydrogens is 226 g/mol. The van der Waals surface area contributed by atoms with Crippen molar-refractivity contribution in [2.24, 2.45) is 5.73 Å². The zero-order valence-corrected chi connectivity index (χ0v) is 10.7. The largest absolute Gasteiger partial charge is 0.493 e. The van der Waals surface area contributed by atoms with Crippen LogP contribution in [-0.4, -0.2) is 19.8 Å². The third-order valence-electron chi connectivity index (χ3n) is 2.08. The van der Waals surface area contributed by atoms with Gasteiger partial charge >= 0.3 is 0 Å². The van der Waals surface area contributed by atoms with Crippen LogP contribution in [0.4, 0.5) is 0 Å². The number of hydrogen-bond donors (Lipinski definition) is 1. The Morgan fingerprint density at radius 2 is 2.06 bits per heavy atom. The van der Waals surface area contributed by atoms with E-state index in [1.165, 1.54) is 0 Å². The van der Waals surface area contributed by atoms with Crippen molar-refractivity contribution in [3.63, 3.8) is 0 Å². The summed E-state index contributed by atoms with van der Waals surface area (Å²) in [7, 11) is 1.60. The second-order valence-corrected chi connectivity index (χ2v) is 4.24. The van der Waals surface area contributed by atoms with E-state index in [9.17, 15) is 0 Å². The Labute approximate surface area is 101 Å². The van der Waals surface area contributed by atoms with Gasteiger partial charge in [0.25, 0.3) is 0 Å². The van der Waals surface area contributed by atoms with Gasteiger partial charge < -0.3 is 15.2 Å². The quantitative estimate of drug-likeness (QED) is 0.865. The molecule has 1 aromatic rings. The Balaban J connectivity index is 3.15. The highest BCUT2D eigenvalue weighted by molar-refractivity contribution is 6.30. The minimum Gasteiger partial charge on any atom is -0.493 e. The van der Waals surface area contributed by atoms with Crippen molar-refractivity contribution in [2.75, 3.05) is 13.7 Å². The van der Waals surface area contributed by atoms with E-state index in [0.717, 1.165) is 17.7 Å². The van der Waals surface area contributed by atoms with Gasteiger partial charge in [0.05, 0.1) is 13.2 Å². The van der Waals surface area contributed by atoms with Gasteiger partial charge in [-0.2, -0.15) is 0 Å². The highest BCUT2D eigenvalue weighted by Gasteiger charge is 2.13. The van der Waals surface area contributed by atoms with Gasteiger partial charge in [0, 0.05) is 16.7 Å². The van der Waals surface area contributed by atoms with E-state index in [1.54, 1.807) is 13.2 Å². The summed E-state index contributed by atoms with van der Waals surface area (Å²) in [6, 6.07) is 3.62. The molecule has 0 aliphatic heterocycles. The predicted octanol–water partition coefficient (Wildman–Crippen LogP) is 2.64. The average Bonchev–Trinajstić information content (AvgIpc) is 2.21. The van der Waals surface area contributed by atoms with E-state index in [-0.39, 0.29) is 6.10 Å². The zero-order chi connectivity index (χ0) is 12.1. The summed E-state index contributed by atoms with van der Waals surface area (Å²) in [5.74, 6) is 1.40. The molecule has 0 radical (unpaired) electrons. The van der Waals surface area contributed by atoms with E-state index in [4.69, 9.17) is 26.8 Å². The summed E-state index contributed by atoms with van der Waals surface area (Å²) < 4.78 is 11.0. The molecule has 0 saturated carbocycles. The molecule has 1 rings (SSSR count). The molecule has 0 heterocycles. The van der Waals surface area contributed by atoms with Crippen LogP contribution in [0.5, 0.6) is 11.5 Å². The molecule has 90 valence electrons. The molecule has 0 amide bonds. The lowest BCUT2D eigenvalue weighted by Crippen LogP contribution is -2.11. The van der Waals surface area contributed by atoms with Crippen molar-refractivity contribution in [3.05, 3.63) is 22.7 Å². The molecule has 4 heteroatoms. The van der Waals surface area contributed by atoms with Gasteiger partial charge in [0.2, 0.25) is 0 Å². The fraction of sp³-hybridized carbons (Fsp3) is 0.500. The number of halogens is 1. The van der Waals surface area contributed by atoms with Crippen molar-refractivity contribution < 1.29 is 9.47 Å². The van der Waals surface area contributed by atoms with Crippen LogP contribution in [0.25, 0.3) is 0 Å². The molecule has 0 bridgehead atoms. The van der Waals surface area contributed by atoms with Crippen LogP contribution in [0.1, 0.15) is 19.4 Å². The minimum absolute atomic E-state index is 0.0894. The van der Waals surface area contributed by atoms with Crippen LogP contribution in [-0.2, 0) is 6.42 Å². The second kappa shape index (κ2) is 5.97. The molecular formula is C12H18ClNO2. The first-order valence-corrected chi connectivity index (χ1v) is 5.69. The smallest absolute Gasteiger partial charge is 0.164 e. The molecule has 3 nitrogen and oxygen atoms in total. The number of methoxy groups -OCH3 is 1. The maximum Gasteiger partial charge on any atom is 0.164 e. The third kappa shape index (κ3) is 3.29. The van der Waals surface area contributed by atoms with Gasteiger partial charge in [-0.15, -0.1) is 0 Å². The third-order valence-corrected chi connectivity index (χ3v) is 2.30. The monoisotopic (exact) mass is 243 g/mol. The van der Waals surface area contributed by atoms with Crippen LogP contribution < -0.4 is 15.2 Å². The average molecular weight is 244 g/mol. The summed E-state index contributed by atoms with van der Waals surface area (Å²) in [5, 5.41) is 0.636. The van der Waals surface area contributed by atoms with Gasteiger partial charge in [-0.1, -0.05) is 11.6 Å². The molecule has 0 atom stereocenters. The number of nitrogens with two attached hydrogens (primary N) is 1. The SMILES string of the molecule is COc1cc(Cl)cc(CCN)c1OC(C)C. The molecule has 16 heavy (non-hydrogen) atoms. The lowest BCUT2D eigenvalue weighted by atomic mass is 10.1. The first kappa shape index (κ1) is 13.1. The highest BCUT2D eigenvalue weighted by atomic mass is 35.5. The Kier molecular flexibility index (Phi) is 4.90. The maximum atomic E-state index is 6.00. The lowest BCUT2D eigenvalue weighted by molar-refractivity contribution is 0.227.